The average molecular weight is 343 g/mol. The van der Waals surface area contributed by atoms with Crippen molar-refractivity contribution in [3.63, 3.8) is 0 Å². The lowest BCUT2D eigenvalue weighted by Crippen LogP contribution is -2.42. The van der Waals surface area contributed by atoms with Crippen LogP contribution < -0.4 is 5.32 Å². The van der Waals surface area contributed by atoms with Crippen molar-refractivity contribution in [1.29, 1.82) is 0 Å². The third-order valence-electron chi connectivity index (χ3n) is 3.36. The van der Waals surface area contributed by atoms with Crippen LogP contribution in [0.5, 0.6) is 0 Å². The topological polar surface area (TPSA) is 108 Å². The maximum atomic E-state index is 11.9. The number of cyclic esters (lactones) is 2. The smallest absolute Gasteiger partial charge is 0.350 e. The van der Waals surface area contributed by atoms with Crippen molar-refractivity contribution in [2.24, 2.45) is 0 Å². The van der Waals surface area contributed by atoms with Gasteiger partial charge in [-0.05, 0) is 24.3 Å². The average Bonchev–Trinajstić information content (AvgIpc) is 3.02. The Bertz CT molecular complexity index is 834. The maximum absolute atomic E-state index is 11.9. The van der Waals surface area contributed by atoms with Gasteiger partial charge in [0.15, 0.2) is 5.57 Å². The highest BCUT2D eigenvalue weighted by molar-refractivity contribution is 6.15. The molecule has 2 heterocycles. The normalized spacial score (nSPS) is 16.2. The standard InChI is InChI=1S/C16H17N5O4/c1-4-21-19-13(18-20-21)10-6-5-7-11(8-10)17-9-12-14(22)24-16(2,3)25-15(12)23/h5-9,17H,4H2,1-3H3. The molecule has 0 aliphatic carbocycles. The van der Waals surface area contributed by atoms with E-state index in [0.717, 1.165) is 5.56 Å². The Morgan fingerprint density at radius 2 is 1.96 bits per heavy atom. The van der Waals surface area contributed by atoms with Gasteiger partial charge in [0, 0.05) is 31.3 Å². The minimum atomic E-state index is -1.26. The van der Waals surface area contributed by atoms with Gasteiger partial charge in [0.05, 0.1) is 6.54 Å². The van der Waals surface area contributed by atoms with Crippen LogP contribution >= 0.6 is 0 Å². The summed E-state index contributed by atoms with van der Waals surface area (Å²) < 4.78 is 10.1. The van der Waals surface area contributed by atoms with E-state index in [1.807, 2.05) is 13.0 Å². The van der Waals surface area contributed by atoms with Crippen LogP contribution in [0.2, 0.25) is 0 Å². The largest absolute Gasteiger partial charge is 0.419 e. The number of hydrogen-bond acceptors (Lipinski definition) is 8. The molecule has 0 atom stereocenters. The second-order valence-corrected chi connectivity index (χ2v) is 5.76. The minimum Gasteiger partial charge on any atom is -0.419 e. The molecule has 3 rings (SSSR count). The Kier molecular flexibility index (Phi) is 4.22. The van der Waals surface area contributed by atoms with Crippen molar-refractivity contribution in [2.75, 3.05) is 5.32 Å². The lowest BCUT2D eigenvalue weighted by molar-refractivity contribution is -0.222. The molecule has 0 radical (unpaired) electrons. The van der Waals surface area contributed by atoms with Crippen molar-refractivity contribution in [1.82, 2.24) is 20.2 Å². The summed E-state index contributed by atoms with van der Waals surface area (Å²) in [5, 5.41) is 15.0. The zero-order valence-electron chi connectivity index (χ0n) is 14.0. The van der Waals surface area contributed by atoms with Crippen LogP contribution in [-0.4, -0.2) is 37.9 Å². The Labute approximate surface area is 143 Å². The summed E-state index contributed by atoms with van der Waals surface area (Å²) in [5.41, 5.74) is 1.18. The number of aromatic nitrogens is 4. The molecule has 1 aromatic heterocycles. The molecule has 1 aliphatic rings. The van der Waals surface area contributed by atoms with E-state index < -0.39 is 17.7 Å². The fraction of sp³-hybridized carbons (Fsp3) is 0.312. The highest BCUT2D eigenvalue weighted by Gasteiger charge is 2.38. The number of esters is 2. The quantitative estimate of drug-likeness (QED) is 0.505. The van der Waals surface area contributed by atoms with Gasteiger partial charge in [0.1, 0.15) is 0 Å². The number of benzene rings is 1. The first-order valence-corrected chi connectivity index (χ1v) is 7.69. The molecule has 1 saturated heterocycles. The van der Waals surface area contributed by atoms with Gasteiger partial charge in [-0.1, -0.05) is 12.1 Å². The molecular formula is C16H17N5O4. The van der Waals surface area contributed by atoms with Crippen LogP contribution in [0.1, 0.15) is 20.8 Å². The first kappa shape index (κ1) is 16.6. The van der Waals surface area contributed by atoms with Gasteiger partial charge in [-0.3, -0.25) is 0 Å². The third kappa shape index (κ3) is 3.65. The summed E-state index contributed by atoms with van der Waals surface area (Å²) in [6.45, 7) is 5.52. The molecule has 9 nitrogen and oxygen atoms in total. The predicted molar refractivity (Wildman–Crippen MR) is 86.9 cm³/mol. The summed E-state index contributed by atoms with van der Waals surface area (Å²) in [7, 11) is 0. The van der Waals surface area contributed by atoms with E-state index in [-0.39, 0.29) is 5.57 Å². The van der Waals surface area contributed by atoms with Crippen LogP contribution in [0, 0.1) is 0 Å². The second kappa shape index (κ2) is 6.34. The molecule has 0 bridgehead atoms. The van der Waals surface area contributed by atoms with Crippen LogP contribution in [0.15, 0.2) is 36.0 Å². The summed E-state index contributed by atoms with van der Waals surface area (Å²) >= 11 is 0. The number of hydrogen-bond donors (Lipinski definition) is 1. The molecule has 25 heavy (non-hydrogen) atoms. The Morgan fingerprint density at radius 1 is 1.24 bits per heavy atom. The zero-order chi connectivity index (χ0) is 18.0. The molecule has 1 aromatic carbocycles. The monoisotopic (exact) mass is 343 g/mol. The molecule has 0 unspecified atom stereocenters. The number of tetrazole rings is 1. The molecule has 130 valence electrons. The summed E-state index contributed by atoms with van der Waals surface area (Å²) in [6.07, 6.45) is 1.26. The number of aryl methyl sites for hydroxylation is 1. The van der Waals surface area contributed by atoms with Gasteiger partial charge in [-0.2, -0.15) is 4.80 Å². The molecular weight excluding hydrogens is 326 g/mol. The molecule has 1 N–H and O–H groups in total. The SMILES string of the molecule is CCn1nnc(-c2cccc(NC=C3C(=O)OC(C)(C)OC3=O)c2)n1. The molecule has 9 heteroatoms. The van der Waals surface area contributed by atoms with Crippen molar-refractivity contribution in [3.05, 3.63) is 36.0 Å². The number of nitrogens with one attached hydrogen (secondary N) is 1. The summed E-state index contributed by atoms with van der Waals surface area (Å²) in [4.78, 5) is 25.3. The maximum Gasteiger partial charge on any atom is 0.350 e. The van der Waals surface area contributed by atoms with E-state index in [2.05, 4.69) is 20.7 Å². The Hall–Kier alpha value is -3.23. The van der Waals surface area contributed by atoms with E-state index in [0.29, 0.717) is 18.1 Å². The van der Waals surface area contributed by atoms with Gasteiger partial charge < -0.3 is 14.8 Å². The van der Waals surface area contributed by atoms with E-state index in [1.165, 1.54) is 24.8 Å². The fourth-order valence-corrected chi connectivity index (χ4v) is 2.17. The predicted octanol–water partition coefficient (Wildman–Crippen LogP) is 1.49. The molecule has 2 aromatic rings. The highest BCUT2D eigenvalue weighted by Crippen LogP contribution is 2.23. The van der Waals surface area contributed by atoms with Gasteiger partial charge >= 0.3 is 11.9 Å². The first-order valence-electron chi connectivity index (χ1n) is 7.69. The fourth-order valence-electron chi connectivity index (χ4n) is 2.17. The first-order chi connectivity index (χ1) is 11.9. The van der Waals surface area contributed by atoms with E-state index >= 15 is 0 Å². The molecule has 0 saturated carbocycles. The van der Waals surface area contributed by atoms with E-state index in [9.17, 15) is 9.59 Å². The van der Waals surface area contributed by atoms with Crippen LogP contribution in [0.3, 0.4) is 0 Å². The lowest BCUT2D eigenvalue weighted by atomic mass is 10.2. The van der Waals surface area contributed by atoms with Gasteiger partial charge in [0.2, 0.25) is 5.82 Å². The Balaban J connectivity index is 1.78. The zero-order valence-corrected chi connectivity index (χ0v) is 14.0. The highest BCUT2D eigenvalue weighted by atomic mass is 16.7. The molecule has 1 aliphatic heterocycles. The van der Waals surface area contributed by atoms with Crippen molar-refractivity contribution in [3.8, 4) is 11.4 Å². The molecule has 0 spiro atoms. The van der Waals surface area contributed by atoms with Crippen LogP contribution in [0.25, 0.3) is 11.4 Å². The number of rotatable bonds is 4. The lowest BCUT2D eigenvalue weighted by Gasteiger charge is -2.29. The number of anilines is 1. The van der Waals surface area contributed by atoms with Gasteiger partial charge in [-0.25, -0.2) is 9.59 Å². The third-order valence-corrected chi connectivity index (χ3v) is 3.36. The van der Waals surface area contributed by atoms with Gasteiger partial charge in [-0.15, -0.1) is 10.2 Å². The van der Waals surface area contributed by atoms with Crippen molar-refractivity contribution < 1.29 is 19.1 Å². The van der Waals surface area contributed by atoms with Crippen LogP contribution in [0.4, 0.5) is 5.69 Å². The van der Waals surface area contributed by atoms with Crippen molar-refractivity contribution >= 4 is 17.6 Å². The van der Waals surface area contributed by atoms with Crippen LogP contribution in [-0.2, 0) is 25.6 Å². The van der Waals surface area contributed by atoms with Gasteiger partial charge in [0.25, 0.3) is 5.79 Å². The van der Waals surface area contributed by atoms with Crippen molar-refractivity contribution in [2.45, 2.75) is 33.1 Å². The summed E-state index contributed by atoms with van der Waals surface area (Å²) in [5.74, 6) is -2.26. The Morgan fingerprint density at radius 3 is 2.60 bits per heavy atom. The number of nitrogens with zero attached hydrogens (tertiary/aromatic N) is 4. The number of carbonyl (C=O) groups is 2. The summed E-state index contributed by atoms with van der Waals surface area (Å²) in [6, 6.07) is 7.18. The van der Waals surface area contributed by atoms with E-state index in [4.69, 9.17) is 9.47 Å². The second-order valence-electron chi connectivity index (χ2n) is 5.76. The molecule has 0 amide bonds. The molecule has 1 fully saturated rings. The van der Waals surface area contributed by atoms with E-state index in [1.54, 1.807) is 18.2 Å². The minimum absolute atomic E-state index is 0.209. The number of carbonyl (C=O) groups excluding carboxylic acids is 2. The number of ether oxygens (including phenoxy) is 2.